The Hall–Kier alpha value is -4.22. The van der Waals surface area contributed by atoms with E-state index >= 15 is 0 Å². The van der Waals surface area contributed by atoms with Crippen LogP contribution in [-0.2, 0) is 17.1 Å². The number of alkyl halides is 6. The smallest absolute Gasteiger partial charge is 0.416 e. The normalized spacial score (nSPS) is 18.9. The second-order valence-electron chi connectivity index (χ2n) is 10.8. The summed E-state index contributed by atoms with van der Waals surface area (Å²) in [5, 5.41) is 11.2. The van der Waals surface area contributed by atoms with Crippen LogP contribution in [0.1, 0.15) is 54.7 Å². The molecular weight excluding hydrogens is 578 g/mol. The molecule has 2 amide bonds. The number of urea groups is 1. The number of amides is 2. The van der Waals surface area contributed by atoms with E-state index in [1.165, 1.54) is 10.5 Å². The van der Waals surface area contributed by atoms with Gasteiger partial charge in [-0.3, -0.25) is 9.69 Å². The number of carboxylic acid groups (broad SMARTS) is 1. The minimum absolute atomic E-state index is 0.000653. The lowest BCUT2D eigenvalue weighted by Crippen LogP contribution is -2.40. The predicted molar refractivity (Wildman–Crippen MR) is 147 cm³/mol. The van der Waals surface area contributed by atoms with Gasteiger partial charge in [0.2, 0.25) is 0 Å². The third-order valence-corrected chi connectivity index (χ3v) is 7.93. The van der Waals surface area contributed by atoms with Gasteiger partial charge in [0.05, 0.1) is 23.4 Å². The zero-order valence-corrected chi connectivity index (χ0v) is 22.8. The van der Waals surface area contributed by atoms with Crippen LogP contribution in [0.5, 0.6) is 5.75 Å². The Labute approximate surface area is 243 Å². The molecule has 1 fully saturated rings. The number of carbonyl (C=O) groups is 2. The lowest BCUT2D eigenvalue weighted by Gasteiger charge is -2.30. The van der Waals surface area contributed by atoms with Crippen molar-refractivity contribution in [3.63, 3.8) is 0 Å². The molecule has 6 nitrogen and oxygen atoms in total. The van der Waals surface area contributed by atoms with E-state index in [0.717, 1.165) is 36.8 Å². The Morgan fingerprint density at radius 2 is 1.44 bits per heavy atom. The van der Waals surface area contributed by atoms with Crippen LogP contribution < -0.4 is 15.0 Å². The maximum atomic E-state index is 13.2. The number of aliphatic carboxylic acids is 1. The topological polar surface area (TPSA) is 78.9 Å². The summed E-state index contributed by atoms with van der Waals surface area (Å²) in [5.41, 5.74) is -0.496. The third kappa shape index (κ3) is 7.06. The Balaban J connectivity index is 1.30. The zero-order valence-electron chi connectivity index (χ0n) is 22.8. The van der Waals surface area contributed by atoms with E-state index in [4.69, 9.17) is 9.84 Å². The number of nitrogens with zero attached hydrogens (tertiary/aromatic N) is 1. The molecule has 5 rings (SSSR count). The van der Waals surface area contributed by atoms with Crippen LogP contribution in [-0.4, -0.2) is 30.3 Å². The van der Waals surface area contributed by atoms with Crippen molar-refractivity contribution in [3.8, 4) is 16.9 Å². The number of rotatable bonds is 5. The summed E-state index contributed by atoms with van der Waals surface area (Å²) in [4.78, 5) is 25.2. The van der Waals surface area contributed by atoms with Gasteiger partial charge < -0.3 is 15.2 Å². The molecule has 0 saturated heterocycles. The summed E-state index contributed by atoms with van der Waals surface area (Å²) >= 11 is 0. The lowest BCUT2D eigenvalue weighted by atomic mass is 9.77. The van der Waals surface area contributed by atoms with Gasteiger partial charge in [0.15, 0.2) is 0 Å². The molecule has 0 atom stereocenters. The standard InChI is InChI=1S/C31H28F6N2O4/c32-30(33,34)23-15-24(31(35,36)37)17-25(16-23)38-29(42)39-11-12-43-27-14-22(9-10-26(27)39)21-7-5-20(6-8-21)19-3-1-18(2-4-19)13-28(40)41/h5-10,14-19H,1-4,11-13H2,(H,38,42)(H,40,41). The average molecular weight is 607 g/mol. The summed E-state index contributed by atoms with van der Waals surface area (Å²) in [6.07, 6.45) is -6.26. The molecule has 0 bridgehead atoms. The average Bonchev–Trinajstić information content (AvgIpc) is 2.95. The van der Waals surface area contributed by atoms with Crippen molar-refractivity contribution in [2.45, 2.75) is 50.4 Å². The molecule has 43 heavy (non-hydrogen) atoms. The maximum Gasteiger partial charge on any atom is 0.416 e. The molecular formula is C31H28F6N2O4. The van der Waals surface area contributed by atoms with Gasteiger partial charge in [0, 0.05) is 12.1 Å². The van der Waals surface area contributed by atoms with Gasteiger partial charge in [0.25, 0.3) is 0 Å². The number of carboxylic acids is 1. The monoisotopic (exact) mass is 606 g/mol. The Kier molecular flexibility index (Phi) is 8.31. The van der Waals surface area contributed by atoms with Gasteiger partial charge in [-0.15, -0.1) is 0 Å². The van der Waals surface area contributed by atoms with Crippen LogP contribution >= 0.6 is 0 Å². The van der Waals surface area contributed by atoms with E-state index in [0.29, 0.717) is 29.5 Å². The van der Waals surface area contributed by atoms with Crippen LogP contribution in [0.3, 0.4) is 0 Å². The number of hydrogen-bond acceptors (Lipinski definition) is 3. The molecule has 2 aliphatic rings. The third-order valence-electron chi connectivity index (χ3n) is 7.93. The van der Waals surface area contributed by atoms with E-state index in [-0.39, 0.29) is 31.6 Å². The summed E-state index contributed by atoms with van der Waals surface area (Å²) in [5.74, 6) is 0.162. The molecule has 12 heteroatoms. The van der Waals surface area contributed by atoms with Crippen molar-refractivity contribution in [1.29, 1.82) is 0 Å². The van der Waals surface area contributed by atoms with Crippen LogP contribution in [0.2, 0.25) is 0 Å². The molecule has 0 unspecified atom stereocenters. The Morgan fingerprint density at radius 3 is 2.02 bits per heavy atom. The number of hydrogen-bond donors (Lipinski definition) is 2. The predicted octanol–water partition coefficient (Wildman–Crippen LogP) is 8.57. The van der Waals surface area contributed by atoms with Crippen LogP contribution in [0.4, 0.5) is 42.5 Å². The molecule has 3 aromatic carbocycles. The molecule has 0 radical (unpaired) electrons. The van der Waals surface area contributed by atoms with Gasteiger partial charge in [-0.2, -0.15) is 26.3 Å². The second-order valence-corrected chi connectivity index (χ2v) is 10.8. The number of nitrogens with one attached hydrogen (secondary N) is 1. The Morgan fingerprint density at radius 1 is 0.837 bits per heavy atom. The summed E-state index contributed by atoms with van der Waals surface area (Å²) < 4.78 is 85.2. The van der Waals surface area contributed by atoms with Crippen molar-refractivity contribution >= 4 is 23.4 Å². The summed E-state index contributed by atoms with van der Waals surface area (Å²) in [6.45, 7) is 0.108. The van der Waals surface area contributed by atoms with Crippen molar-refractivity contribution in [2.24, 2.45) is 5.92 Å². The number of ether oxygens (including phenoxy) is 1. The first-order chi connectivity index (χ1) is 20.3. The molecule has 1 aliphatic carbocycles. The summed E-state index contributed by atoms with van der Waals surface area (Å²) in [6, 6.07) is 13.2. The Bertz CT molecular complexity index is 1460. The summed E-state index contributed by atoms with van der Waals surface area (Å²) in [7, 11) is 0. The SMILES string of the molecule is O=C(O)CC1CCC(c2ccc(-c3ccc4c(c3)OCCN4C(=O)Nc3cc(C(F)(F)F)cc(C(F)(F)F)c3)cc2)CC1. The van der Waals surface area contributed by atoms with Crippen molar-refractivity contribution in [2.75, 3.05) is 23.4 Å². The highest BCUT2D eigenvalue weighted by atomic mass is 19.4. The highest BCUT2D eigenvalue weighted by Gasteiger charge is 2.37. The second kappa shape index (κ2) is 11.8. The first kappa shape index (κ1) is 30.2. The van der Waals surface area contributed by atoms with Gasteiger partial charge in [-0.25, -0.2) is 4.79 Å². The minimum Gasteiger partial charge on any atom is -0.490 e. The number of fused-ring (bicyclic) bond motifs is 1. The maximum absolute atomic E-state index is 13.2. The van der Waals surface area contributed by atoms with Crippen LogP contribution in [0.25, 0.3) is 11.1 Å². The van der Waals surface area contributed by atoms with Crippen molar-refractivity contribution in [3.05, 3.63) is 77.4 Å². The largest absolute Gasteiger partial charge is 0.490 e. The molecule has 3 aromatic rings. The number of carbonyl (C=O) groups excluding carboxylic acids is 1. The van der Waals surface area contributed by atoms with Crippen LogP contribution in [0.15, 0.2) is 60.7 Å². The van der Waals surface area contributed by atoms with Gasteiger partial charge in [-0.1, -0.05) is 30.3 Å². The number of halogens is 6. The van der Waals surface area contributed by atoms with Crippen molar-refractivity contribution < 1.29 is 45.8 Å². The van der Waals surface area contributed by atoms with Crippen molar-refractivity contribution in [1.82, 2.24) is 0 Å². The van der Waals surface area contributed by atoms with E-state index in [1.54, 1.807) is 18.2 Å². The van der Waals surface area contributed by atoms with Gasteiger partial charge in [-0.05, 0) is 84.5 Å². The van der Waals surface area contributed by atoms with Crippen LogP contribution in [0, 0.1) is 5.92 Å². The molecule has 0 aromatic heterocycles. The quantitative estimate of drug-likeness (QED) is 0.285. The zero-order chi connectivity index (χ0) is 30.9. The fraction of sp³-hybridized carbons (Fsp3) is 0.355. The molecule has 1 heterocycles. The fourth-order valence-electron chi connectivity index (χ4n) is 5.72. The van der Waals surface area contributed by atoms with Gasteiger partial charge in [0.1, 0.15) is 12.4 Å². The molecule has 1 saturated carbocycles. The first-order valence-corrected chi connectivity index (χ1v) is 13.7. The van der Waals surface area contributed by atoms with E-state index in [9.17, 15) is 35.9 Å². The van der Waals surface area contributed by atoms with E-state index in [2.05, 4.69) is 5.32 Å². The van der Waals surface area contributed by atoms with E-state index in [1.807, 2.05) is 24.3 Å². The first-order valence-electron chi connectivity index (χ1n) is 13.7. The minimum atomic E-state index is -5.04. The number of benzene rings is 3. The van der Waals surface area contributed by atoms with Gasteiger partial charge >= 0.3 is 24.4 Å². The molecule has 0 spiro atoms. The lowest BCUT2D eigenvalue weighted by molar-refractivity contribution is -0.143. The molecule has 1 aliphatic heterocycles. The fourth-order valence-corrected chi connectivity index (χ4v) is 5.72. The highest BCUT2D eigenvalue weighted by molar-refractivity contribution is 6.03. The highest BCUT2D eigenvalue weighted by Crippen LogP contribution is 2.40. The van der Waals surface area contributed by atoms with E-state index < -0.39 is 41.2 Å². The number of anilines is 2. The molecule has 2 N–H and O–H groups in total. The molecule has 228 valence electrons.